The van der Waals surface area contributed by atoms with E-state index < -0.39 is 0 Å². The number of ether oxygens (including phenoxy) is 2. The predicted molar refractivity (Wildman–Crippen MR) is 73.4 cm³/mol. The SMILES string of the molecule is C=CC[C@H]1C[C@H](C)[C@@H](COCc2ccccc2)O1. The van der Waals surface area contributed by atoms with Crippen LogP contribution in [0, 0.1) is 5.92 Å². The summed E-state index contributed by atoms with van der Waals surface area (Å²) in [6.07, 6.45) is 4.57. The van der Waals surface area contributed by atoms with Crippen molar-refractivity contribution in [3.63, 3.8) is 0 Å². The van der Waals surface area contributed by atoms with Gasteiger partial charge in [0.15, 0.2) is 0 Å². The molecule has 1 saturated heterocycles. The van der Waals surface area contributed by atoms with Gasteiger partial charge < -0.3 is 9.47 Å². The van der Waals surface area contributed by atoms with Crippen molar-refractivity contribution in [2.75, 3.05) is 6.61 Å². The molecule has 98 valence electrons. The minimum absolute atomic E-state index is 0.235. The molecule has 0 spiro atoms. The Kier molecular flexibility index (Phi) is 4.97. The van der Waals surface area contributed by atoms with E-state index in [1.165, 1.54) is 5.56 Å². The van der Waals surface area contributed by atoms with Crippen LogP contribution in [0.15, 0.2) is 43.0 Å². The van der Waals surface area contributed by atoms with Gasteiger partial charge in [-0.2, -0.15) is 0 Å². The lowest BCUT2D eigenvalue weighted by Crippen LogP contribution is -2.21. The molecule has 1 aromatic rings. The molecule has 0 radical (unpaired) electrons. The summed E-state index contributed by atoms with van der Waals surface area (Å²) in [6.45, 7) is 7.35. The maximum atomic E-state index is 5.96. The van der Waals surface area contributed by atoms with Gasteiger partial charge in [0, 0.05) is 0 Å². The predicted octanol–water partition coefficient (Wildman–Crippen LogP) is 3.57. The highest BCUT2D eigenvalue weighted by molar-refractivity contribution is 5.13. The standard InChI is InChI=1S/C16H22O2/c1-3-7-15-10-13(2)16(18-15)12-17-11-14-8-5-4-6-9-14/h3-6,8-9,13,15-16H,1,7,10-12H2,2H3/t13-,15-,16+/m0/s1. The second-order valence-corrected chi connectivity index (χ2v) is 5.03. The van der Waals surface area contributed by atoms with Crippen LogP contribution >= 0.6 is 0 Å². The Morgan fingerprint density at radius 3 is 2.89 bits per heavy atom. The van der Waals surface area contributed by atoms with Crippen LogP contribution < -0.4 is 0 Å². The molecule has 0 saturated carbocycles. The van der Waals surface area contributed by atoms with E-state index >= 15 is 0 Å². The Bertz CT molecular complexity index is 361. The highest BCUT2D eigenvalue weighted by Gasteiger charge is 2.31. The second-order valence-electron chi connectivity index (χ2n) is 5.03. The van der Waals surface area contributed by atoms with Gasteiger partial charge in [-0.3, -0.25) is 0 Å². The third-order valence-electron chi connectivity index (χ3n) is 3.46. The third-order valence-corrected chi connectivity index (χ3v) is 3.46. The average Bonchev–Trinajstić information content (AvgIpc) is 2.72. The molecular weight excluding hydrogens is 224 g/mol. The van der Waals surface area contributed by atoms with E-state index in [2.05, 4.69) is 25.6 Å². The Morgan fingerprint density at radius 1 is 1.39 bits per heavy atom. The highest BCUT2D eigenvalue weighted by atomic mass is 16.5. The topological polar surface area (TPSA) is 18.5 Å². The Hall–Kier alpha value is -1.12. The van der Waals surface area contributed by atoms with E-state index in [1.807, 2.05) is 24.3 Å². The fourth-order valence-electron chi connectivity index (χ4n) is 2.41. The lowest BCUT2D eigenvalue weighted by atomic mass is 10.0. The summed E-state index contributed by atoms with van der Waals surface area (Å²) >= 11 is 0. The van der Waals surface area contributed by atoms with E-state index in [4.69, 9.17) is 9.47 Å². The highest BCUT2D eigenvalue weighted by Crippen LogP contribution is 2.28. The van der Waals surface area contributed by atoms with Crippen molar-refractivity contribution in [1.82, 2.24) is 0 Å². The van der Waals surface area contributed by atoms with Gasteiger partial charge in [-0.05, 0) is 24.3 Å². The second kappa shape index (κ2) is 6.72. The van der Waals surface area contributed by atoms with E-state index in [0.29, 0.717) is 25.2 Å². The zero-order valence-electron chi connectivity index (χ0n) is 11.0. The van der Waals surface area contributed by atoms with Crippen LogP contribution in [0.1, 0.15) is 25.3 Å². The summed E-state index contributed by atoms with van der Waals surface area (Å²) in [5.41, 5.74) is 1.21. The summed E-state index contributed by atoms with van der Waals surface area (Å²) in [6, 6.07) is 10.3. The molecule has 0 unspecified atom stereocenters. The van der Waals surface area contributed by atoms with Crippen LogP contribution in [0.2, 0.25) is 0 Å². The summed E-state index contributed by atoms with van der Waals surface area (Å²) in [7, 11) is 0. The monoisotopic (exact) mass is 246 g/mol. The van der Waals surface area contributed by atoms with Gasteiger partial charge in [-0.1, -0.05) is 43.3 Å². The van der Waals surface area contributed by atoms with Gasteiger partial charge in [0.05, 0.1) is 25.4 Å². The van der Waals surface area contributed by atoms with Gasteiger partial charge in [0.1, 0.15) is 0 Å². The van der Waals surface area contributed by atoms with Gasteiger partial charge in [0.25, 0.3) is 0 Å². The van der Waals surface area contributed by atoms with Crippen molar-refractivity contribution in [3.05, 3.63) is 48.6 Å². The summed E-state index contributed by atoms with van der Waals surface area (Å²) in [5.74, 6) is 0.575. The average molecular weight is 246 g/mol. The first-order chi connectivity index (χ1) is 8.79. The minimum atomic E-state index is 0.235. The van der Waals surface area contributed by atoms with Crippen molar-refractivity contribution in [2.24, 2.45) is 5.92 Å². The third kappa shape index (κ3) is 3.69. The Labute approximate surface area is 110 Å². The smallest absolute Gasteiger partial charge is 0.0838 e. The molecule has 18 heavy (non-hydrogen) atoms. The molecule has 2 nitrogen and oxygen atoms in total. The number of hydrogen-bond donors (Lipinski definition) is 0. The first-order valence-corrected chi connectivity index (χ1v) is 6.67. The number of hydrogen-bond acceptors (Lipinski definition) is 2. The van der Waals surface area contributed by atoms with Crippen molar-refractivity contribution >= 4 is 0 Å². The van der Waals surface area contributed by atoms with Crippen LogP contribution in [-0.4, -0.2) is 18.8 Å². The zero-order chi connectivity index (χ0) is 12.8. The fourth-order valence-corrected chi connectivity index (χ4v) is 2.41. The van der Waals surface area contributed by atoms with Gasteiger partial charge in [-0.15, -0.1) is 6.58 Å². The first kappa shape index (κ1) is 13.3. The molecule has 0 amide bonds. The summed E-state index contributed by atoms with van der Waals surface area (Å²) in [4.78, 5) is 0. The minimum Gasteiger partial charge on any atom is -0.374 e. The largest absolute Gasteiger partial charge is 0.374 e. The summed E-state index contributed by atoms with van der Waals surface area (Å²) < 4.78 is 11.7. The van der Waals surface area contributed by atoms with Crippen molar-refractivity contribution in [3.8, 4) is 0 Å². The van der Waals surface area contributed by atoms with Gasteiger partial charge >= 0.3 is 0 Å². The molecule has 1 fully saturated rings. The quantitative estimate of drug-likeness (QED) is 0.714. The molecule has 0 N–H and O–H groups in total. The summed E-state index contributed by atoms with van der Waals surface area (Å²) in [5, 5.41) is 0. The molecule has 1 aliphatic rings. The molecule has 2 rings (SSSR count). The normalized spacial score (nSPS) is 27.3. The van der Waals surface area contributed by atoms with Crippen LogP contribution in [-0.2, 0) is 16.1 Å². The zero-order valence-corrected chi connectivity index (χ0v) is 11.0. The van der Waals surface area contributed by atoms with E-state index in [9.17, 15) is 0 Å². The van der Waals surface area contributed by atoms with Crippen molar-refractivity contribution in [1.29, 1.82) is 0 Å². The van der Waals surface area contributed by atoms with Crippen molar-refractivity contribution in [2.45, 2.75) is 38.6 Å². The molecular formula is C16H22O2. The maximum absolute atomic E-state index is 5.96. The molecule has 3 atom stereocenters. The maximum Gasteiger partial charge on any atom is 0.0838 e. The van der Waals surface area contributed by atoms with Gasteiger partial charge in [0.2, 0.25) is 0 Å². The van der Waals surface area contributed by atoms with E-state index in [1.54, 1.807) is 0 Å². The number of rotatable bonds is 6. The number of benzene rings is 1. The lowest BCUT2D eigenvalue weighted by Gasteiger charge is -2.15. The molecule has 0 bridgehead atoms. The first-order valence-electron chi connectivity index (χ1n) is 6.67. The van der Waals surface area contributed by atoms with E-state index in [-0.39, 0.29) is 6.10 Å². The molecule has 0 aromatic heterocycles. The van der Waals surface area contributed by atoms with Crippen LogP contribution in [0.3, 0.4) is 0 Å². The van der Waals surface area contributed by atoms with Crippen molar-refractivity contribution < 1.29 is 9.47 Å². The molecule has 0 aliphatic carbocycles. The molecule has 2 heteroatoms. The lowest BCUT2D eigenvalue weighted by molar-refractivity contribution is -0.0280. The Morgan fingerprint density at radius 2 is 2.17 bits per heavy atom. The molecule has 1 heterocycles. The fraction of sp³-hybridized carbons (Fsp3) is 0.500. The molecule has 1 aromatic carbocycles. The molecule has 1 aliphatic heterocycles. The van der Waals surface area contributed by atoms with E-state index in [0.717, 1.165) is 12.8 Å². The van der Waals surface area contributed by atoms with Crippen LogP contribution in [0.5, 0.6) is 0 Å². The van der Waals surface area contributed by atoms with Crippen LogP contribution in [0.25, 0.3) is 0 Å². The van der Waals surface area contributed by atoms with Crippen LogP contribution in [0.4, 0.5) is 0 Å². The van der Waals surface area contributed by atoms with Gasteiger partial charge in [-0.25, -0.2) is 0 Å². The Balaban J connectivity index is 1.72.